The lowest BCUT2D eigenvalue weighted by atomic mass is 10.2. The SMILES string of the molecule is Cc1ccc(NCC(=O)OCc2cccc(Br)c2)cc1. The smallest absolute Gasteiger partial charge is 0.325 e. The summed E-state index contributed by atoms with van der Waals surface area (Å²) in [6, 6.07) is 15.6. The van der Waals surface area contributed by atoms with E-state index in [0.29, 0.717) is 0 Å². The standard InChI is InChI=1S/C16H16BrNO2/c1-12-5-7-15(8-6-12)18-10-16(19)20-11-13-3-2-4-14(17)9-13/h2-9,18H,10-11H2,1H3. The molecule has 0 saturated carbocycles. The van der Waals surface area contributed by atoms with E-state index in [1.165, 1.54) is 5.56 Å². The molecule has 2 rings (SSSR count). The third-order valence-corrected chi connectivity index (χ3v) is 3.27. The first-order chi connectivity index (χ1) is 9.63. The molecule has 0 aliphatic heterocycles. The molecular weight excluding hydrogens is 318 g/mol. The maximum Gasteiger partial charge on any atom is 0.325 e. The largest absolute Gasteiger partial charge is 0.460 e. The van der Waals surface area contributed by atoms with Crippen molar-refractivity contribution in [1.29, 1.82) is 0 Å². The predicted molar refractivity (Wildman–Crippen MR) is 83.6 cm³/mol. The van der Waals surface area contributed by atoms with Crippen molar-refractivity contribution in [3.05, 3.63) is 64.1 Å². The highest BCUT2D eigenvalue weighted by Gasteiger charge is 2.03. The molecule has 0 unspecified atom stereocenters. The number of hydrogen-bond acceptors (Lipinski definition) is 3. The molecule has 2 aromatic rings. The second-order valence-electron chi connectivity index (χ2n) is 4.51. The van der Waals surface area contributed by atoms with Crippen LogP contribution >= 0.6 is 15.9 Å². The average molecular weight is 334 g/mol. The molecule has 3 nitrogen and oxygen atoms in total. The number of carbonyl (C=O) groups excluding carboxylic acids is 1. The first kappa shape index (κ1) is 14.6. The number of halogens is 1. The molecule has 0 amide bonds. The number of carbonyl (C=O) groups is 1. The Morgan fingerprint density at radius 1 is 1.20 bits per heavy atom. The molecule has 2 aromatic carbocycles. The molecule has 0 fully saturated rings. The number of aryl methyl sites for hydroxylation is 1. The van der Waals surface area contributed by atoms with Crippen molar-refractivity contribution < 1.29 is 9.53 Å². The number of benzene rings is 2. The Balaban J connectivity index is 1.77. The van der Waals surface area contributed by atoms with E-state index in [-0.39, 0.29) is 19.1 Å². The lowest BCUT2D eigenvalue weighted by Gasteiger charge is -2.08. The minimum absolute atomic E-state index is 0.164. The van der Waals surface area contributed by atoms with Crippen LogP contribution in [0.1, 0.15) is 11.1 Å². The Morgan fingerprint density at radius 3 is 2.65 bits per heavy atom. The molecule has 0 radical (unpaired) electrons. The topological polar surface area (TPSA) is 38.3 Å². The molecule has 0 aliphatic rings. The second kappa shape index (κ2) is 7.10. The Hall–Kier alpha value is -1.81. The van der Waals surface area contributed by atoms with Crippen molar-refractivity contribution in [2.24, 2.45) is 0 Å². The Bertz CT molecular complexity index is 581. The molecule has 0 saturated heterocycles. The van der Waals surface area contributed by atoms with Gasteiger partial charge in [0.1, 0.15) is 13.2 Å². The van der Waals surface area contributed by atoms with Crippen LogP contribution < -0.4 is 5.32 Å². The van der Waals surface area contributed by atoms with Gasteiger partial charge in [-0.05, 0) is 36.8 Å². The zero-order chi connectivity index (χ0) is 14.4. The molecule has 0 atom stereocenters. The normalized spacial score (nSPS) is 10.1. The van der Waals surface area contributed by atoms with Gasteiger partial charge in [-0.3, -0.25) is 4.79 Å². The van der Waals surface area contributed by atoms with Crippen LogP contribution in [0.4, 0.5) is 5.69 Å². The van der Waals surface area contributed by atoms with Crippen molar-refractivity contribution in [2.45, 2.75) is 13.5 Å². The van der Waals surface area contributed by atoms with E-state index in [1.54, 1.807) is 0 Å². The van der Waals surface area contributed by atoms with Gasteiger partial charge in [0.05, 0.1) is 0 Å². The molecule has 0 aliphatic carbocycles. The third kappa shape index (κ3) is 4.70. The molecule has 0 spiro atoms. The van der Waals surface area contributed by atoms with Crippen molar-refractivity contribution in [3.63, 3.8) is 0 Å². The highest BCUT2D eigenvalue weighted by molar-refractivity contribution is 9.10. The lowest BCUT2D eigenvalue weighted by Crippen LogP contribution is -2.16. The molecular formula is C16H16BrNO2. The third-order valence-electron chi connectivity index (χ3n) is 2.78. The van der Waals surface area contributed by atoms with E-state index >= 15 is 0 Å². The summed E-state index contributed by atoms with van der Waals surface area (Å²) < 4.78 is 6.18. The van der Waals surface area contributed by atoms with Crippen molar-refractivity contribution in [3.8, 4) is 0 Å². The van der Waals surface area contributed by atoms with Crippen LogP contribution in [0.25, 0.3) is 0 Å². The summed E-state index contributed by atoms with van der Waals surface area (Å²) in [5.41, 5.74) is 3.06. The van der Waals surface area contributed by atoms with Gasteiger partial charge in [-0.15, -0.1) is 0 Å². The van der Waals surface area contributed by atoms with Crippen LogP contribution in [-0.4, -0.2) is 12.5 Å². The van der Waals surface area contributed by atoms with Crippen LogP contribution in [0, 0.1) is 6.92 Å². The summed E-state index contributed by atoms with van der Waals surface area (Å²) >= 11 is 3.38. The molecule has 20 heavy (non-hydrogen) atoms. The molecule has 0 bridgehead atoms. The summed E-state index contributed by atoms with van der Waals surface area (Å²) in [5, 5.41) is 3.04. The first-order valence-electron chi connectivity index (χ1n) is 6.34. The highest BCUT2D eigenvalue weighted by Crippen LogP contribution is 2.12. The zero-order valence-corrected chi connectivity index (χ0v) is 12.8. The van der Waals surface area contributed by atoms with Crippen molar-refractivity contribution >= 4 is 27.6 Å². The fourth-order valence-electron chi connectivity index (χ4n) is 1.69. The van der Waals surface area contributed by atoms with Gasteiger partial charge < -0.3 is 10.1 Å². The van der Waals surface area contributed by atoms with Crippen LogP contribution in [0.3, 0.4) is 0 Å². The van der Waals surface area contributed by atoms with E-state index in [2.05, 4.69) is 21.2 Å². The average Bonchev–Trinajstić information content (AvgIpc) is 2.45. The minimum Gasteiger partial charge on any atom is -0.460 e. The van der Waals surface area contributed by atoms with Gasteiger partial charge in [-0.2, -0.15) is 0 Å². The number of rotatable bonds is 5. The molecule has 104 valence electrons. The number of esters is 1. The molecule has 0 aromatic heterocycles. The Morgan fingerprint density at radius 2 is 1.95 bits per heavy atom. The Kier molecular flexibility index (Phi) is 5.18. The van der Waals surface area contributed by atoms with Crippen LogP contribution in [0.15, 0.2) is 53.0 Å². The van der Waals surface area contributed by atoms with Gasteiger partial charge in [-0.25, -0.2) is 0 Å². The number of hydrogen-bond donors (Lipinski definition) is 1. The summed E-state index contributed by atoms with van der Waals surface area (Å²) in [4.78, 5) is 11.6. The monoisotopic (exact) mass is 333 g/mol. The summed E-state index contributed by atoms with van der Waals surface area (Å²) in [7, 11) is 0. The van der Waals surface area contributed by atoms with Gasteiger partial charge in [0.15, 0.2) is 0 Å². The van der Waals surface area contributed by atoms with E-state index in [4.69, 9.17) is 4.74 Å². The molecule has 0 heterocycles. The van der Waals surface area contributed by atoms with Crippen molar-refractivity contribution in [1.82, 2.24) is 0 Å². The maximum atomic E-state index is 11.6. The van der Waals surface area contributed by atoms with E-state index in [0.717, 1.165) is 15.7 Å². The summed E-state index contributed by atoms with van der Waals surface area (Å²) in [6.07, 6.45) is 0. The van der Waals surface area contributed by atoms with Gasteiger partial charge in [-0.1, -0.05) is 45.8 Å². The van der Waals surface area contributed by atoms with E-state index in [9.17, 15) is 4.79 Å². The van der Waals surface area contributed by atoms with Gasteiger partial charge in [0.25, 0.3) is 0 Å². The predicted octanol–water partition coefficient (Wildman–Crippen LogP) is 3.91. The maximum absolute atomic E-state index is 11.6. The first-order valence-corrected chi connectivity index (χ1v) is 7.13. The molecule has 1 N–H and O–H groups in total. The number of nitrogens with one attached hydrogen (secondary N) is 1. The number of anilines is 1. The minimum atomic E-state index is -0.273. The quantitative estimate of drug-likeness (QED) is 0.843. The summed E-state index contributed by atoms with van der Waals surface area (Å²) in [6.45, 7) is 2.47. The lowest BCUT2D eigenvalue weighted by molar-refractivity contribution is -0.142. The van der Waals surface area contributed by atoms with Gasteiger partial charge in [0, 0.05) is 10.2 Å². The molecule has 4 heteroatoms. The van der Waals surface area contributed by atoms with Crippen molar-refractivity contribution in [2.75, 3.05) is 11.9 Å². The number of ether oxygens (including phenoxy) is 1. The fourth-order valence-corrected chi connectivity index (χ4v) is 2.13. The summed E-state index contributed by atoms with van der Waals surface area (Å²) in [5.74, 6) is -0.273. The highest BCUT2D eigenvalue weighted by atomic mass is 79.9. The van der Waals surface area contributed by atoms with Crippen LogP contribution in [0.2, 0.25) is 0 Å². The Labute approximate surface area is 127 Å². The van der Waals surface area contributed by atoms with Crippen LogP contribution in [0.5, 0.6) is 0 Å². The van der Waals surface area contributed by atoms with E-state index in [1.807, 2.05) is 55.5 Å². The zero-order valence-electron chi connectivity index (χ0n) is 11.2. The second-order valence-corrected chi connectivity index (χ2v) is 5.43. The van der Waals surface area contributed by atoms with E-state index < -0.39 is 0 Å². The van der Waals surface area contributed by atoms with Gasteiger partial charge in [0.2, 0.25) is 0 Å². The fraction of sp³-hybridized carbons (Fsp3) is 0.188. The van der Waals surface area contributed by atoms with Gasteiger partial charge >= 0.3 is 5.97 Å². The van der Waals surface area contributed by atoms with Crippen LogP contribution in [-0.2, 0) is 16.1 Å².